The van der Waals surface area contributed by atoms with E-state index in [1.54, 1.807) is 7.11 Å². The Morgan fingerprint density at radius 1 is 1.35 bits per heavy atom. The van der Waals surface area contributed by atoms with Gasteiger partial charge in [0.1, 0.15) is 5.75 Å². The van der Waals surface area contributed by atoms with Crippen LogP contribution < -0.4 is 10.1 Å². The quantitative estimate of drug-likeness (QED) is 0.862. The Kier molecular flexibility index (Phi) is 4.06. The molecular formula is C15H23NO. The molecule has 1 aliphatic heterocycles. The molecule has 0 aromatic heterocycles. The summed E-state index contributed by atoms with van der Waals surface area (Å²) in [5.74, 6) is 1.55. The van der Waals surface area contributed by atoms with Crippen LogP contribution in [-0.2, 0) is 6.42 Å². The van der Waals surface area contributed by atoms with Crippen molar-refractivity contribution in [2.45, 2.75) is 45.1 Å². The Morgan fingerprint density at radius 3 is 2.76 bits per heavy atom. The molecule has 1 saturated heterocycles. The van der Waals surface area contributed by atoms with Crippen molar-refractivity contribution in [2.24, 2.45) is 0 Å². The van der Waals surface area contributed by atoms with Gasteiger partial charge in [0.2, 0.25) is 0 Å². The van der Waals surface area contributed by atoms with E-state index >= 15 is 0 Å². The maximum atomic E-state index is 5.39. The van der Waals surface area contributed by atoms with Crippen molar-refractivity contribution in [3.8, 4) is 5.75 Å². The highest BCUT2D eigenvalue weighted by Crippen LogP contribution is 2.24. The minimum absolute atomic E-state index is 0.556. The first kappa shape index (κ1) is 12.4. The lowest BCUT2D eigenvalue weighted by Gasteiger charge is -2.14. The monoisotopic (exact) mass is 233 g/mol. The Balaban J connectivity index is 2.16. The molecule has 1 aromatic rings. The molecule has 2 heteroatoms. The van der Waals surface area contributed by atoms with Gasteiger partial charge in [0.05, 0.1) is 7.11 Å². The number of hydrogen-bond donors (Lipinski definition) is 1. The fourth-order valence-corrected chi connectivity index (χ4v) is 2.47. The minimum atomic E-state index is 0.556. The predicted octanol–water partition coefficient (Wildman–Crippen LogP) is 3.11. The molecule has 2 nitrogen and oxygen atoms in total. The predicted molar refractivity (Wildman–Crippen MR) is 71.8 cm³/mol. The molecule has 0 saturated carbocycles. The van der Waals surface area contributed by atoms with Crippen molar-refractivity contribution >= 4 is 0 Å². The average molecular weight is 233 g/mol. The van der Waals surface area contributed by atoms with Crippen molar-refractivity contribution in [3.05, 3.63) is 29.3 Å². The molecule has 0 amide bonds. The first-order valence-corrected chi connectivity index (χ1v) is 6.60. The summed E-state index contributed by atoms with van der Waals surface area (Å²) in [6.07, 6.45) is 3.73. The summed E-state index contributed by atoms with van der Waals surface area (Å²) >= 11 is 0. The van der Waals surface area contributed by atoms with Crippen molar-refractivity contribution in [1.29, 1.82) is 0 Å². The molecule has 0 radical (unpaired) electrons. The topological polar surface area (TPSA) is 21.3 Å². The van der Waals surface area contributed by atoms with Gasteiger partial charge in [-0.25, -0.2) is 0 Å². The molecule has 1 N–H and O–H groups in total. The molecule has 0 bridgehead atoms. The van der Waals surface area contributed by atoms with Gasteiger partial charge in [-0.2, -0.15) is 0 Å². The number of nitrogens with one attached hydrogen (secondary N) is 1. The number of methoxy groups -OCH3 is 1. The lowest BCUT2D eigenvalue weighted by molar-refractivity contribution is 0.413. The van der Waals surface area contributed by atoms with Gasteiger partial charge in [-0.15, -0.1) is 0 Å². The summed E-state index contributed by atoms with van der Waals surface area (Å²) in [4.78, 5) is 0. The lowest BCUT2D eigenvalue weighted by Crippen LogP contribution is -2.23. The summed E-state index contributed by atoms with van der Waals surface area (Å²) in [6.45, 7) is 5.63. The van der Waals surface area contributed by atoms with E-state index in [9.17, 15) is 0 Å². The van der Waals surface area contributed by atoms with Gasteiger partial charge >= 0.3 is 0 Å². The Hall–Kier alpha value is -1.02. The van der Waals surface area contributed by atoms with Crippen molar-refractivity contribution in [1.82, 2.24) is 5.32 Å². The van der Waals surface area contributed by atoms with E-state index < -0.39 is 0 Å². The van der Waals surface area contributed by atoms with E-state index in [-0.39, 0.29) is 0 Å². The van der Waals surface area contributed by atoms with Gasteiger partial charge in [-0.1, -0.05) is 19.9 Å². The molecule has 1 aliphatic rings. The summed E-state index contributed by atoms with van der Waals surface area (Å²) in [5.41, 5.74) is 2.77. The average Bonchev–Trinajstić information content (AvgIpc) is 2.81. The van der Waals surface area contributed by atoms with Crippen LogP contribution in [0.3, 0.4) is 0 Å². The molecule has 94 valence electrons. The number of ether oxygens (including phenoxy) is 1. The SMILES string of the molecule is COc1cc(CC2CCCN2)cc(C(C)C)c1. The van der Waals surface area contributed by atoms with E-state index in [1.807, 2.05) is 0 Å². The lowest BCUT2D eigenvalue weighted by atomic mass is 9.97. The van der Waals surface area contributed by atoms with Crippen LogP contribution in [0.1, 0.15) is 43.7 Å². The molecule has 0 aliphatic carbocycles. The Labute approximate surface area is 104 Å². The zero-order chi connectivity index (χ0) is 12.3. The second-order valence-corrected chi connectivity index (χ2v) is 5.27. The van der Waals surface area contributed by atoms with Crippen LogP contribution in [0.15, 0.2) is 18.2 Å². The standard InChI is InChI=1S/C15H23NO/c1-11(2)13-7-12(9-15(10-13)17-3)8-14-5-4-6-16-14/h7,9-11,14,16H,4-6,8H2,1-3H3. The van der Waals surface area contributed by atoms with Crippen LogP contribution in [0.5, 0.6) is 5.75 Å². The van der Waals surface area contributed by atoms with E-state index in [0.717, 1.165) is 12.2 Å². The molecule has 1 aromatic carbocycles. The van der Waals surface area contributed by atoms with Crippen LogP contribution >= 0.6 is 0 Å². The van der Waals surface area contributed by atoms with Gasteiger partial charge in [0, 0.05) is 6.04 Å². The largest absolute Gasteiger partial charge is 0.497 e. The maximum absolute atomic E-state index is 5.39. The second kappa shape index (κ2) is 5.54. The van der Waals surface area contributed by atoms with Gasteiger partial charge in [-0.05, 0) is 55.0 Å². The summed E-state index contributed by atoms with van der Waals surface area (Å²) in [7, 11) is 1.75. The van der Waals surface area contributed by atoms with Gasteiger partial charge in [0.15, 0.2) is 0 Å². The Morgan fingerprint density at radius 2 is 2.18 bits per heavy atom. The first-order chi connectivity index (χ1) is 8.19. The fourth-order valence-electron chi connectivity index (χ4n) is 2.47. The van der Waals surface area contributed by atoms with Gasteiger partial charge in [-0.3, -0.25) is 0 Å². The molecular weight excluding hydrogens is 210 g/mol. The molecule has 2 rings (SSSR count). The third kappa shape index (κ3) is 3.22. The molecule has 1 heterocycles. The fraction of sp³-hybridized carbons (Fsp3) is 0.600. The van der Waals surface area contributed by atoms with Crippen LogP contribution in [0.2, 0.25) is 0 Å². The van der Waals surface area contributed by atoms with Gasteiger partial charge < -0.3 is 10.1 Å². The zero-order valence-electron chi connectivity index (χ0n) is 11.1. The van der Waals surface area contributed by atoms with Crippen molar-refractivity contribution < 1.29 is 4.74 Å². The molecule has 1 atom stereocenters. The highest BCUT2D eigenvalue weighted by Gasteiger charge is 2.15. The second-order valence-electron chi connectivity index (χ2n) is 5.27. The summed E-state index contributed by atoms with van der Waals surface area (Å²) in [5, 5.41) is 3.55. The Bertz CT molecular complexity index is 367. The normalized spacial score (nSPS) is 19.9. The first-order valence-electron chi connectivity index (χ1n) is 6.60. The van der Waals surface area contributed by atoms with E-state index in [0.29, 0.717) is 12.0 Å². The molecule has 17 heavy (non-hydrogen) atoms. The maximum Gasteiger partial charge on any atom is 0.119 e. The van der Waals surface area contributed by atoms with Gasteiger partial charge in [0.25, 0.3) is 0 Å². The summed E-state index contributed by atoms with van der Waals surface area (Å²) < 4.78 is 5.39. The van der Waals surface area contributed by atoms with Crippen LogP contribution in [0, 0.1) is 0 Å². The minimum Gasteiger partial charge on any atom is -0.497 e. The van der Waals surface area contributed by atoms with Crippen molar-refractivity contribution in [3.63, 3.8) is 0 Å². The van der Waals surface area contributed by atoms with Crippen LogP contribution in [-0.4, -0.2) is 19.7 Å². The zero-order valence-corrected chi connectivity index (χ0v) is 11.1. The molecule has 0 spiro atoms. The van der Waals surface area contributed by atoms with E-state index in [4.69, 9.17) is 4.74 Å². The molecule has 1 unspecified atom stereocenters. The highest BCUT2D eigenvalue weighted by atomic mass is 16.5. The van der Waals surface area contributed by atoms with Crippen molar-refractivity contribution in [2.75, 3.05) is 13.7 Å². The summed E-state index contributed by atoms with van der Waals surface area (Å²) in [6, 6.07) is 7.30. The highest BCUT2D eigenvalue weighted by molar-refractivity contribution is 5.36. The van der Waals surface area contributed by atoms with Crippen LogP contribution in [0.25, 0.3) is 0 Å². The number of rotatable bonds is 4. The third-order valence-electron chi connectivity index (χ3n) is 3.54. The number of benzene rings is 1. The smallest absolute Gasteiger partial charge is 0.119 e. The molecule has 1 fully saturated rings. The van der Waals surface area contributed by atoms with E-state index in [1.165, 1.54) is 30.5 Å². The number of hydrogen-bond acceptors (Lipinski definition) is 2. The van der Waals surface area contributed by atoms with E-state index in [2.05, 4.69) is 37.4 Å². The third-order valence-corrected chi connectivity index (χ3v) is 3.54. The van der Waals surface area contributed by atoms with Crippen LogP contribution in [0.4, 0.5) is 0 Å².